The summed E-state index contributed by atoms with van der Waals surface area (Å²) >= 11 is 5.18. The van der Waals surface area contributed by atoms with Crippen LogP contribution < -0.4 is 10.7 Å². The van der Waals surface area contributed by atoms with Crippen molar-refractivity contribution in [2.45, 2.75) is 13.8 Å². The molecule has 0 atom stereocenters. The van der Waals surface area contributed by atoms with Crippen LogP contribution in [0.15, 0.2) is 47.6 Å². The fourth-order valence-corrected chi connectivity index (χ4v) is 2.18. The molecule has 0 unspecified atom stereocenters. The average Bonchev–Trinajstić information content (AvgIpc) is 2.50. The van der Waals surface area contributed by atoms with Crippen molar-refractivity contribution in [3.05, 3.63) is 64.7 Å². The minimum atomic E-state index is -0.972. The molecule has 0 amide bonds. The zero-order valence-electron chi connectivity index (χ0n) is 12.8. The molecule has 2 rings (SSSR count). The molecule has 0 saturated heterocycles. The minimum absolute atomic E-state index is 0.213. The van der Waals surface area contributed by atoms with Crippen LogP contribution in [0.25, 0.3) is 0 Å². The highest BCUT2D eigenvalue weighted by molar-refractivity contribution is 7.80. The lowest BCUT2D eigenvalue weighted by molar-refractivity contribution is 0.0697. The standard InChI is InChI=1S/C17H17N3O2S/c1-11-6-7-15(12(2)8-11)19-17(23)20-18-10-13-4-3-5-14(9-13)16(21)22/h3-10H,1-2H3,(H,21,22)(H2,19,20,23)/b18-10-. The SMILES string of the molecule is Cc1ccc(NC(=S)N/N=C\c2cccc(C(=O)O)c2)c(C)c1. The number of rotatable bonds is 4. The van der Waals surface area contributed by atoms with Crippen LogP contribution in [0.5, 0.6) is 0 Å². The van der Waals surface area contributed by atoms with Gasteiger partial charge < -0.3 is 10.4 Å². The quantitative estimate of drug-likeness (QED) is 0.456. The predicted molar refractivity (Wildman–Crippen MR) is 96.3 cm³/mol. The summed E-state index contributed by atoms with van der Waals surface area (Å²) in [4.78, 5) is 10.9. The van der Waals surface area contributed by atoms with E-state index in [2.05, 4.69) is 21.9 Å². The number of thiocarbonyl (C=S) groups is 1. The number of hydrogen-bond donors (Lipinski definition) is 3. The zero-order valence-corrected chi connectivity index (χ0v) is 13.6. The minimum Gasteiger partial charge on any atom is -0.478 e. The molecular weight excluding hydrogens is 310 g/mol. The fourth-order valence-electron chi connectivity index (χ4n) is 2.02. The average molecular weight is 327 g/mol. The van der Waals surface area contributed by atoms with Gasteiger partial charge in [-0.3, -0.25) is 5.43 Å². The van der Waals surface area contributed by atoms with Crippen LogP contribution in [0.3, 0.4) is 0 Å². The van der Waals surface area contributed by atoms with Crippen LogP contribution in [0.4, 0.5) is 5.69 Å². The number of carbonyl (C=O) groups is 1. The van der Waals surface area contributed by atoms with Crippen LogP contribution in [-0.4, -0.2) is 22.4 Å². The van der Waals surface area contributed by atoms with Crippen LogP contribution in [0.2, 0.25) is 0 Å². The summed E-state index contributed by atoms with van der Waals surface area (Å²) in [6, 6.07) is 12.5. The molecule has 6 heteroatoms. The molecule has 0 spiro atoms. The highest BCUT2D eigenvalue weighted by atomic mass is 32.1. The zero-order chi connectivity index (χ0) is 16.8. The molecule has 3 N–H and O–H groups in total. The van der Waals surface area contributed by atoms with Gasteiger partial charge in [0.05, 0.1) is 11.8 Å². The Bertz CT molecular complexity index is 772. The number of hydrazone groups is 1. The van der Waals surface area contributed by atoms with Gasteiger partial charge in [-0.15, -0.1) is 0 Å². The maximum atomic E-state index is 10.9. The Morgan fingerprint density at radius 2 is 2.00 bits per heavy atom. The normalized spacial score (nSPS) is 10.5. The van der Waals surface area contributed by atoms with Crippen LogP contribution in [-0.2, 0) is 0 Å². The molecule has 0 radical (unpaired) electrons. The van der Waals surface area contributed by atoms with Crippen molar-refractivity contribution < 1.29 is 9.90 Å². The van der Waals surface area contributed by atoms with E-state index in [9.17, 15) is 4.79 Å². The molecule has 0 aliphatic heterocycles. The van der Waals surface area contributed by atoms with E-state index in [1.165, 1.54) is 23.9 Å². The van der Waals surface area contributed by atoms with Gasteiger partial charge in [-0.1, -0.05) is 29.8 Å². The topological polar surface area (TPSA) is 73.7 Å². The molecule has 5 nitrogen and oxygen atoms in total. The molecule has 0 aromatic heterocycles. The first-order valence-electron chi connectivity index (χ1n) is 6.96. The van der Waals surface area contributed by atoms with Gasteiger partial charge in [0.15, 0.2) is 5.11 Å². The Morgan fingerprint density at radius 3 is 2.70 bits per heavy atom. The largest absolute Gasteiger partial charge is 0.478 e. The summed E-state index contributed by atoms with van der Waals surface area (Å²) in [5.74, 6) is -0.972. The lowest BCUT2D eigenvalue weighted by Gasteiger charge is -2.10. The van der Waals surface area contributed by atoms with Crippen molar-refractivity contribution in [3.63, 3.8) is 0 Å². The van der Waals surface area contributed by atoms with Crippen molar-refractivity contribution >= 4 is 35.2 Å². The summed E-state index contributed by atoms with van der Waals surface area (Å²) in [5.41, 5.74) is 6.79. The number of carboxylic acid groups (broad SMARTS) is 1. The highest BCUT2D eigenvalue weighted by Crippen LogP contribution is 2.15. The van der Waals surface area contributed by atoms with E-state index < -0.39 is 5.97 Å². The fraction of sp³-hybridized carbons (Fsp3) is 0.118. The number of aryl methyl sites for hydroxylation is 2. The Balaban J connectivity index is 1.96. The number of aromatic carboxylic acids is 1. The first kappa shape index (κ1) is 16.6. The van der Waals surface area contributed by atoms with Gasteiger partial charge in [0.2, 0.25) is 0 Å². The second-order valence-corrected chi connectivity index (χ2v) is 5.48. The maximum Gasteiger partial charge on any atom is 0.335 e. The van der Waals surface area contributed by atoms with E-state index in [1.54, 1.807) is 12.1 Å². The highest BCUT2D eigenvalue weighted by Gasteiger charge is 2.02. The van der Waals surface area contributed by atoms with Gasteiger partial charge in [-0.2, -0.15) is 5.10 Å². The third-order valence-electron chi connectivity index (χ3n) is 3.14. The van der Waals surface area contributed by atoms with Crippen LogP contribution >= 0.6 is 12.2 Å². The van der Waals surface area contributed by atoms with E-state index in [4.69, 9.17) is 17.3 Å². The van der Waals surface area contributed by atoms with Gasteiger partial charge in [-0.25, -0.2) is 4.79 Å². The summed E-state index contributed by atoms with van der Waals surface area (Å²) in [6.07, 6.45) is 1.52. The molecule has 118 valence electrons. The molecule has 2 aromatic rings. The molecule has 0 aliphatic carbocycles. The van der Waals surface area contributed by atoms with Crippen LogP contribution in [0, 0.1) is 13.8 Å². The number of carboxylic acids is 1. The second-order valence-electron chi connectivity index (χ2n) is 5.07. The second kappa shape index (κ2) is 7.51. The van der Waals surface area contributed by atoms with Gasteiger partial charge in [-0.05, 0) is 55.4 Å². The summed E-state index contributed by atoms with van der Waals surface area (Å²) in [5, 5.41) is 16.4. The van der Waals surface area contributed by atoms with Gasteiger partial charge in [0.1, 0.15) is 0 Å². The third kappa shape index (κ3) is 4.89. The summed E-state index contributed by atoms with van der Waals surface area (Å²) in [7, 11) is 0. The molecule has 0 heterocycles. The number of hydrogen-bond acceptors (Lipinski definition) is 3. The summed E-state index contributed by atoms with van der Waals surface area (Å²) < 4.78 is 0. The Morgan fingerprint density at radius 1 is 1.22 bits per heavy atom. The molecule has 0 fully saturated rings. The van der Waals surface area contributed by atoms with E-state index in [0.29, 0.717) is 10.7 Å². The Hall–Kier alpha value is -2.73. The molecule has 0 aliphatic rings. The summed E-state index contributed by atoms with van der Waals surface area (Å²) in [6.45, 7) is 4.03. The number of nitrogens with zero attached hydrogens (tertiary/aromatic N) is 1. The lowest BCUT2D eigenvalue weighted by Crippen LogP contribution is -2.24. The first-order valence-corrected chi connectivity index (χ1v) is 7.37. The smallest absolute Gasteiger partial charge is 0.335 e. The number of benzene rings is 2. The van der Waals surface area contributed by atoms with Gasteiger partial charge >= 0.3 is 5.97 Å². The first-order chi connectivity index (χ1) is 11.0. The van der Waals surface area contributed by atoms with Crippen molar-refractivity contribution in [2.24, 2.45) is 5.10 Å². The van der Waals surface area contributed by atoms with Gasteiger partial charge in [0, 0.05) is 5.69 Å². The van der Waals surface area contributed by atoms with Crippen molar-refractivity contribution in [3.8, 4) is 0 Å². The molecule has 23 heavy (non-hydrogen) atoms. The Kier molecular flexibility index (Phi) is 5.43. The number of anilines is 1. The maximum absolute atomic E-state index is 10.9. The monoisotopic (exact) mass is 327 g/mol. The van der Waals surface area contributed by atoms with Crippen molar-refractivity contribution in [1.82, 2.24) is 5.43 Å². The lowest BCUT2D eigenvalue weighted by atomic mass is 10.1. The van der Waals surface area contributed by atoms with Crippen LogP contribution in [0.1, 0.15) is 27.0 Å². The molecule has 2 aromatic carbocycles. The predicted octanol–water partition coefficient (Wildman–Crippen LogP) is 3.32. The molecule has 0 saturated carbocycles. The van der Waals surface area contributed by atoms with Gasteiger partial charge in [0.25, 0.3) is 0 Å². The van der Waals surface area contributed by atoms with E-state index in [-0.39, 0.29) is 5.56 Å². The van der Waals surface area contributed by atoms with Crippen molar-refractivity contribution in [1.29, 1.82) is 0 Å². The van der Waals surface area contributed by atoms with E-state index >= 15 is 0 Å². The molecule has 0 bridgehead atoms. The third-order valence-corrected chi connectivity index (χ3v) is 3.34. The van der Waals surface area contributed by atoms with E-state index in [0.717, 1.165) is 11.3 Å². The Labute approximate surface area is 140 Å². The number of nitrogens with one attached hydrogen (secondary N) is 2. The van der Waals surface area contributed by atoms with E-state index in [1.807, 2.05) is 26.0 Å². The van der Waals surface area contributed by atoms with Crippen molar-refractivity contribution in [2.75, 3.05) is 5.32 Å². The molecular formula is C17H17N3O2S.